The standard InChI is InChI=1S/C17H17FN2O3S/c1-12-6-7-15(18)16(10-12)19-17(21)13-4-2-5-14(11-13)20-8-3-9-24(20,22)23/h2,4-7,10-11H,3,8-9H2,1H3,(H,19,21). The van der Waals surface area contributed by atoms with E-state index >= 15 is 0 Å². The van der Waals surface area contributed by atoms with Crippen LogP contribution in [0.15, 0.2) is 42.5 Å². The van der Waals surface area contributed by atoms with E-state index in [2.05, 4.69) is 5.32 Å². The number of sulfonamides is 1. The molecule has 5 nitrogen and oxygen atoms in total. The van der Waals surface area contributed by atoms with Gasteiger partial charge in [0.15, 0.2) is 0 Å². The largest absolute Gasteiger partial charge is 0.319 e. The van der Waals surface area contributed by atoms with E-state index in [9.17, 15) is 17.6 Å². The minimum Gasteiger partial charge on any atom is -0.319 e. The fraction of sp³-hybridized carbons (Fsp3) is 0.235. The fourth-order valence-corrected chi connectivity index (χ4v) is 4.22. The number of amides is 1. The molecule has 0 unspecified atom stereocenters. The van der Waals surface area contributed by atoms with Gasteiger partial charge in [-0.1, -0.05) is 12.1 Å². The van der Waals surface area contributed by atoms with Crippen molar-refractivity contribution in [3.63, 3.8) is 0 Å². The Morgan fingerprint density at radius 2 is 2.00 bits per heavy atom. The molecule has 0 atom stereocenters. The number of hydrogen-bond donors (Lipinski definition) is 1. The number of aryl methyl sites for hydroxylation is 1. The number of carbonyl (C=O) groups is 1. The van der Waals surface area contributed by atoms with Gasteiger partial charge in [0, 0.05) is 12.1 Å². The zero-order valence-corrected chi connectivity index (χ0v) is 13.9. The van der Waals surface area contributed by atoms with Crippen LogP contribution >= 0.6 is 0 Å². The lowest BCUT2D eigenvalue weighted by molar-refractivity contribution is 0.102. The van der Waals surface area contributed by atoms with Crippen LogP contribution in [-0.4, -0.2) is 26.6 Å². The Morgan fingerprint density at radius 3 is 2.71 bits per heavy atom. The second-order valence-electron chi connectivity index (χ2n) is 5.73. The third-order valence-corrected chi connectivity index (χ3v) is 5.74. The van der Waals surface area contributed by atoms with Crippen molar-refractivity contribution >= 4 is 27.3 Å². The smallest absolute Gasteiger partial charge is 0.255 e. The van der Waals surface area contributed by atoms with Crippen LogP contribution in [0.3, 0.4) is 0 Å². The monoisotopic (exact) mass is 348 g/mol. The summed E-state index contributed by atoms with van der Waals surface area (Å²) in [5.41, 5.74) is 1.64. The lowest BCUT2D eigenvalue weighted by Gasteiger charge is -2.17. The molecule has 1 amide bonds. The number of benzene rings is 2. The van der Waals surface area contributed by atoms with Crippen molar-refractivity contribution in [3.8, 4) is 0 Å². The summed E-state index contributed by atoms with van der Waals surface area (Å²) in [6.07, 6.45) is 0.563. The van der Waals surface area contributed by atoms with E-state index in [1.165, 1.54) is 16.4 Å². The van der Waals surface area contributed by atoms with Gasteiger partial charge < -0.3 is 5.32 Å². The van der Waals surface area contributed by atoms with Crippen LogP contribution < -0.4 is 9.62 Å². The summed E-state index contributed by atoms with van der Waals surface area (Å²) < 4.78 is 39.1. The number of anilines is 2. The van der Waals surface area contributed by atoms with Crippen LogP contribution in [0, 0.1) is 12.7 Å². The highest BCUT2D eigenvalue weighted by Gasteiger charge is 2.28. The highest BCUT2D eigenvalue weighted by atomic mass is 32.2. The highest BCUT2D eigenvalue weighted by molar-refractivity contribution is 7.93. The average molecular weight is 348 g/mol. The van der Waals surface area contributed by atoms with Crippen LogP contribution in [0.4, 0.5) is 15.8 Å². The van der Waals surface area contributed by atoms with Crippen LogP contribution in [0.2, 0.25) is 0 Å². The Balaban J connectivity index is 1.86. The SMILES string of the molecule is Cc1ccc(F)c(NC(=O)c2cccc(N3CCCS3(=O)=O)c2)c1. The molecular formula is C17H17FN2O3S. The van der Waals surface area contributed by atoms with Crippen molar-refractivity contribution in [1.29, 1.82) is 0 Å². The molecule has 0 aliphatic carbocycles. The molecule has 0 saturated carbocycles. The molecule has 126 valence electrons. The number of carbonyl (C=O) groups excluding carboxylic acids is 1. The molecule has 0 spiro atoms. The quantitative estimate of drug-likeness (QED) is 0.927. The van der Waals surface area contributed by atoms with Gasteiger partial charge >= 0.3 is 0 Å². The predicted molar refractivity (Wildman–Crippen MR) is 91.3 cm³/mol. The van der Waals surface area contributed by atoms with E-state index in [0.717, 1.165) is 5.56 Å². The third-order valence-electron chi connectivity index (χ3n) is 3.87. The van der Waals surface area contributed by atoms with E-state index < -0.39 is 21.7 Å². The molecule has 1 aliphatic rings. The van der Waals surface area contributed by atoms with Gasteiger partial charge in [-0.15, -0.1) is 0 Å². The summed E-state index contributed by atoms with van der Waals surface area (Å²) in [5, 5.41) is 2.52. The van der Waals surface area contributed by atoms with Gasteiger partial charge in [-0.05, 0) is 49.2 Å². The molecule has 1 fully saturated rings. The number of rotatable bonds is 3. The van der Waals surface area contributed by atoms with E-state index in [-0.39, 0.29) is 17.0 Å². The first-order chi connectivity index (χ1) is 11.4. The van der Waals surface area contributed by atoms with Gasteiger partial charge in [-0.2, -0.15) is 0 Å². The molecule has 24 heavy (non-hydrogen) atoms. The van der Waals surface area contributed by atoms with Crippen LogP contribution in [0.5, 0.6) is 0 Å². The lowest BCUT2D eigenvalue weighted by Crippen LogP contribution is -2.25. The Labute approximate surface area is 140 Å². The molecule has 1 N–H and O–H groups in total. The molecule has 0 bridgehead atoms. The summed E-state index contributed by atoms with van der Waals surface area (Å²) in [5.74, 6) is -0.900. The first-order valence-electron chi connectivity index (χ1n) is 7.55. The number of nitrogens with one attached hydrogen (secondary N) is 1. The molecule has 2 aromatic carbocycles. The van der Waals surface area contributed by atoms with Crippen LogP contribution in [0.1, 0.15) is 22.3 Å². The minimum absolute atomic E-state index is 0.0965. The maximum atomic E-state index is 13.8. The zero-order valence-electron chi connectivity index (χ0n) is 13.1. The Morgan fingerprint density at radius 1 is 1.21 bits per heavy atom. The van der Waals surface area contributed by atoms with Gasteiger partial charge in [0.05, 0.1) is 17.1 Å². The Kier molecular flexibility index (Phi) is 4.28. The number of nitrogens with zero attached hydrogens (tertiary/aromatic N) is 1. The Hall–Kier alpha value is -2.41. The molecule has 3 rings (SSSR count). The summed E-state index contributed by atoms with van der Waals surface area (Å²) >= 11 is 0. The molecule has 1 aliphatic heterocycles. The van der Waals surface area contributed by atoms with Gasteiger partial charge in [0.2, 0.25) is 10.0 Å². The van der Waals surface area contributed by atoms with Gasteiger partial charge in [0.25, 0.3) is 5.91 Å². The predicted octanol–water partition coefficient (Wildman–Crippen LogP) is 2.93. The maximum Gasteiger partial charge on any atom is 0.255 e. The second-order valence-corrected chi connectivity index (χ2v) is 7.74. The topological polar surface area (TPSA) is 66.5 Å². The van der Waals surface area contributed by atoms with Gasteiger partial charge in [-0.25, -0.2) is 12.8 Å². The normalized spacial score (nSPS) is 16.2. The van der Waals surface area contributed by atoms with Gasteiger partial charge in [-0.3, -0.25) is 9.10 Å². The molecule has 1 saturated heterocycles. The molecule has 1 heterocycles. The first kappa shape index (κ1) is 16.4. The maximum absolute atomic E-state index is 13.8. The van der Waals surface area contributed by atoms with E-state index in [1.807, 2.05) is 0 Å². The van der Waals surface area contributed by atoms with Crippen molar-refractivity contribution in [3.05, 3.63) is 59.4 Å². The van der Waals surface area contributed by atoms with Crippen molar-refractivity contribution in [2.75, 3.05) is 21.9 Å². The van der Waals surface area contributed by atoms with E-state index in [1.54, 1.807) is 37.3 Å². The molecule has 0 aromatic heterocycles. The fourth-order valence-electron chi connectivity index (χ4n) is 2.66. The van der Waals surface area contributed by atoms with E-state index in [0.29, 0.717) is 18.7 Å². The molecular weight excluding hydrogens is 331 g/mol. The summed E-state index contributed by atoms with van der Waals surface area (Å²) in [4.78, 5) is 12.4. The summed E-state index contributed by atoms with van der Waals surface area (Å²) in [6, 6.07) is 10.8. The van der Waals surface area contributed by atoms with E-state index in [4.69, 9.17) is 0 Å². The minimum atomic E-state index is -3.31. The molecule has 2 aromatic rings. The molecule has 0 radical (unpaired) electrons. The third kappa shape index (κ3) is 3.26. The second kappa shape index (κ2) is 6.24. The zero-order chi connectivity index (χ0) is 17.3. The van der Waals surface area contributed by atoms with Crippen LogP contribution in [0.25, 0.3) is 0 Å². The lowest BCUT2D eigenvalue weighted by atomic mass is 10.1. The van der Waals surface area contributed by atoms with Crippen molar-refractivity contribution < 1.29 is 17.6 Å². The van der Waals surface area contributed by atoms with Crippen molar-refractivity contribution in [2.24, 2.45) is 0 Å². The number of halogens is 1. The average Bonchev–Trinajstić information content (AvgIpc) is 2.90. The summed E-state index contributed by atoms with van der Waals surface area (Å²) in [7, 11) is -3.31. The van der Waals surface area contributed by atoms with Crippen molar-refractivity contribution in [2.45, 2.75) is 13.3 Å². The Bertz CT molecular complexity index is 896. The molecule has 7 heteroatoms. The van der Waals surface area contributed by atoms with Crippen molar-refractivity contribution in [1.82, 2.24) is 0 Å². The van der Waals surface area contributed by atoms with Gasteiger partial charge in [0.1, 0.15) is 5.82 Å². The number of hydrogen-bond acceptors (Lipinski definition) is 3. The van der Waals surface area contributed by atoms with Crippen LogP contribution in [-0.2, 0) is 10.0 Å². The summed E-state index contributed by atoms with van der Waals surface area (Å²) in [6.45, 7) is 2.20. The first-order valence-corrected chi connectivity index (χ1v) is 9.16. The highest BCUT2D eigenvalue weighted by Crippen LogP contribution is 2.25.